The Bertz CT molecular complexity index is 180. The first kappa shape index (κ1) is 14.9. The molecular weight excluding hydrogens is 216 g/mol. The van der Waals surface area contributed by atoms with Crippen molar-refractivity contribution in [3.63, 3.8) is 0 Å². The maximum absolute atomic E-state index is 5.63. The van der Waals surface area contributed by atoms with Crippen molar-refractivity contribution in [1.29, 1.82) is 0 Å². The van der Waals surface area contributed by atoms with Gasteiger partial charge in [0.25, 0.3) is 0 Å². The average molecular weight is 244 g/mol. The number of methoxy groups -OCH3 is 1. The lowest BCUT2D eigenvalue weighted by atomic mass is 10.0. The molecule has 0 spiro atoms. The summed E-state index contributed by atoms with van der Waals surface area (Å²) in [6.45, 7) is 10.1. The van der Waals surface area contributed by atoms with E-state index in [9.17, 15) is 0 Å². The Balaban J connectivity index is 2.48. The monoisotopic (exact) mass is 244 g/mol. The zero-order valence-electron chi connectivity index (χ0n) is 11.6. The molecule has 17 heavy (non-hydrogen) atoms. The molecule has 2 unspecified atom stereocenters. The summed E-state index contributed by atoms with van der Waals surface area (Å²) in [5.41, 5.74) is 0. The van der Waals surface area contributed by atoms with Crippen LogP contribution in [0.2, 0.25) is 0 Å². The van der Waals surface area contributed by atoms with Gasteiger partial charge in [0.1, 0.15) is 0 Å². The van der Waals surface area contributed by atoms with E-state index in [-0.39, 0.29) is 0 Å². The van der Waals surface area contributed by atoms with Gasteiger partial charge in [-0.15, -0.1) is 0 Å². The molecule has 0 radical (unpaired) electrons. The highest BCUT2D eigenvalue weighted by Crippen LogP contribution is 2.14. The molecule has 1 rings (SSSR count). The van der Waals surface area contributed by atoms with E-state index in [4.69, 9.17) is 9.47 Å². The second-order valence-electron chi connectivity index (χ2n) is 4.61. The minimum atomic E-state index is 0.496. The van der Waals surface area contributed by atoms with Gasteiger partial charge in [0.15, 0.2) is 0 Å². The number of ether oxygens (including phenoxy) is 2. The van der Waals surface area contributed by atoms with Crippen LogP contribution in [-0.4, -0.2) is 63.5 Å². The van der Waals surface area contributed by atoms with Crippen LogP contribution >= 0.6 is 0 Å². The molecule has 102 valence electrons. The number of rotatable bonds is 8. The van der Waals surface area contributed by atoms with E-state index in [2.05, 4.69) is 24.1 Å². The molecule has 0 aliphatic carbocycles. The second kappa shape index (κ2) is 8.86. The Labute approximate surface area is 106 Å². The average Bonchev–Trinajstić information content (AvgIpc) is 2.38. The molecule has 0 saturated carbocycles. The van der Waals surface area contributed by atoms with Crippen molar-refractivity contribution in [1.82, 2.24) is 10.2 Å². The Morgan fingerprint density at radius 1 is 1.41 bits per heavy atom. The van der Waals surface area contributed by atoms with Crippen molar-refractivity contribution in [3.8, 4) is 0 Å². The Hall–Kier alpha value is -0.160. The highest BCUT2D eigenvalue weighted by Gasteiger charge is 2.29. The van der Waals surface area contributed by atoms with Crippen molar-refractivity contribution in [2.75, 3.05) is 46.6 Å². The first-order valence-electron chi connectivity index (χ1n) is 6.87. The van der Waals surface area contributed by atoms with Crippen LogP contribution in [-0.2, 0) is 9.47 Å². The molecule has 4 heteroatoms. The summed E-state index contributed by atoms with van der Waals surface area (Å²) in [4.78, 5) is 2.47. The molecule has 1 aliphatic rings. The van der Waals surface area contributed by atoms with E-state index in [0.717, 1.165) is 45.9 Å². The molecule has 1 saturated heterocycles. The summed E-state index contributed by atoms with van der Waals surface area (Å²) in [5.74, 6) is 0. The van der Waals surface area contributed by atoms with Gasteiger partial charge in [0, 0.05) is 32.3 Å². The van der Waals surface area contributed by atoms with Gasteiger partial charge in [0.05, 0.1) is 13.2 Å². The van der Waals surface area contributed by atoms with Crippen molar-refractivity contribution < 1.29 is 9.47 Å². The Morgan fingerprint density at radius 2 is 2.24 bits per heavy atom. The maximum Gasteiger partial charge on any atom is 0.0637 e. The van der Waals surface area contributed by atoms with Crippen LogP contribution in [0.25, 0.3) is 0 Å². The maximum atomic E-state index is 5.63. The third kappa shape index (κ3) is 4.92. The minimum absolute atomic E-state index is 0.496. The van der Waals surface area contributed by atoms with Gasteiger partial charge in [-0.2, -0.15) is 0 Å². The third-order valence-corrected chi connectivity index (χ3v) is 3.44. The molecule has 2 atom stereocenters. The first-order valence-corrected chi connectivity index (χ1v) is 6.87. The summed E-state index contributed by atoms with van der Waals surface area (Å²) < 4.78 is 10.8. The molecule has 0 aromatic heterocycles. The van der Waals surface area contributed by atoms with Gasteiger partial charge < -0.3 is 14.8 Å². The summed E-state index contributed by atoms with van der Waals surface area (Å²) in [6, 6.07) is 1.07. The Kier molecular flexibility index (Phi) is 7.77. The molecule has 4 nitrogen and oxygen atoms in total. The Morgan fingerprint density at radius 3 is 2.88 bits per heavy atom. The molecule has 1 aliphatic heterocycles. The van der Waals surface area contributed by atoms with E-state index in [0.29, 0.717) is 12.1 Å². The number of likely N-dealkylation sites (N-methyl/N-ethyl adjacent to an activating group) is 1. The van der Waals surface area contributed by atoms with Crippen molar-refractivity contribution in [3.05, 3.63) is 0 Å². The van der Waals surface area contributed by atoms with Gasteiger partial charge in [0.2, 0.25) is 0 Å². The van der Waals surface area contributed by atoms with Crippen LogP contribution in [0.1, 0.15) is 26.7 Å². The van der Waals surface area contributed by atoms with Gasteiger partial charge in [-0.25, -0.2) is 0 Å². The molecule has 0 aromatic carbocycles. The van der Waals surface area contributed by atoms with E-state index in [1.165, 1.54) is 6.42 Å². The topological polar surface area (TPSA) is 33.7 Å². The van der Waals surface area contributed by atoms with E-state index >= 15 is 0 Å². The molecule has 1 fully saturated rings. The van der Waals surface area contributed by atoms with Crippen molar-refractivity contribution >= 4 is 0 Å². The van der Waals surface area contributed by atoms with Crippen LogP contribution in [0, 0.1) is 0 Å². The fourth-order valence-corrected chi connectivity index (χ4v) is 2.42. The SMILES string of the molecule is CCCNC1CCOCC1N(CC)CCOC. The van der Waals surface area contributed by atoms with Gasteiger partial charge >= 0.3 is 0 Å². The molecular formula is C13H28N2O2. The molecule has 0 aromatic rings. The van der Waals surface area contributed by atoms with Crippen LogP contribution in [0.4, 0.5) is 0 Å². The molecule has 0 bridgehead atoms. The summed E-state index contributed by atoms with van der Waals surface area (Å²) >= 11 is 0. The predicted octanol–water partition coefficient (Wildman–Crippen LogP) is 1.11. The molecule has 0 amide bonds. The normalized spacial score (nSPS) is 25.4. The fraction of sp³-hybridized carbons (Fsp3) is 1.00. The number of hydrogen-bond donors (Lipinski definition) is 1. The van der Waals surface area contributed by atoms with Crippen LogP contribution < -0.4 is 5.32 Å². The minimum Gasteiger partial charge on any atom is -0.383 e. The standard InChI is InChI=1S/C13H28N2O2/c1-4-7-14-12-6-9-17-11-13(12)15(5-2)8-10-16-3/h12-14H,4-11H2,1-3H3. The van der Waals surface area contributed by atoms with Crippen LogP contribution in [0.3, 0.4) is 0 Å². The van der Waals surface area contributed by atoms with Gasteiger partial charge in [-0.3, -0.25) is 4.90 Å². The van der Waals surface area contributed by atoms with E-state index in [1.54, 1.807) is 7.11 Å². The zero-order valence-corrected chi connectivity index (χ0v) is 11.6. The van der Waals surface area contributed by atoms with Gasteiger partial charge in [-0.1, -0.05) is 13.8 Å². The number of nitrogens with one attached hydrogen (secondary N) is 1. The first-order chi connectivity index (χ1) is 8.33. The molecule has 1 N–H and O–H groups in total. The fourth-order valence-electron chi connectivity index (χ4n) is 2.42. The van der Waals surface area contributed by atoms with Gasteiger partial charge in [-0.05, 0) is 25.9 Å². The largest absolute Gasteiger partial charge is 0.383 e. The van der Waals surface area contributed by atoms with Crippen LogP contribution in [0.15, 0.2) is 0 Å². The predicted molar refractivity (Wildman–Crippen MR) is 70.4 cm³/mol. The van der Waals surface area contributed by atoms with Crippen molar-refractivity contribution in [2.24, 2.45) is 0 Å². The van der Waals surface area contributed by atoms with Crippen LogP contribution in [0.5, 0.6) is 0 Å². The van der Waals surface area contributed by atoms with Crippen molar-refractivity contribution in [2.45, 2.75) is 38.8 Å². The second-order valence-corrected chi connectivity index (χ2v) is 4.61. The quantitative estimate of drug-likeness (QED) is 0.693. The zero-order chi connectivity index (χ0) is 12.5. The number of hydrogen-bond acceptors (Lipinski definition) is 4. The molecule has 1 heterocycles. The summed E-state index contributed by atoms with van der Waals surface area (Å²) in [5, 5.41) is 3.65. The lowest BCUT2D eigenvalue weighted by Crippen LogP contribution is -2.56. The highest BCUT2D eigenvalue weighted by molar-refractivity contribution is 4.87. The third-order valence-electron chi connectivity index (χ3n) is 3.44. The summed E-state index contributed by atoms with van der Waals surface area (Å²) in [7, 11) is 1.76. The number of nitrogens with zero attached hydrogens (tertiary/aromatic N) is 1. The smallest absolute Gasteiger partial charge is 0.0637 e. The van der Waals surface area contributed by atoms with E-state index < -0.39 is 0 Å². The summed E-state index contributed by atoms with van der Waals surface area (Å²) in [6.07, 6.45) is 2.31. The van der Waals surface area contributed by atoms with E-state index in [1.807, 2.05) is 0 Å². The lowest BCUT2D eigenvalue weighted by Gasteiger charge is -2.39. The lowest BCUT2D eigenvalue weighted by molar-refractivity contribution is -0.00852. The highest BCUT2D eigenvalue weighted by atomic mass is 16.5.